The van der Waals surface area contributed by atoms with Crippen LogP contribution in [-0.2, 0) is 12.8 Å². The van der Waals surface area contributed by atoms with Crippen LogP contribution >= 0.6 is 11.3 Å². The zero-order valence-corrected chi connectivity index (χ0v) is 11.7. The second kappa shape index (κ2) is 6.57. The van der Waals surface area contributed by atoms with E-state index in [9.17, 15) is 0 Å². The van der Waals surface area contributed by atoms with Crippen LogP contribution < -0.4 is 10.1 Å². The smallest absolute Gasteiger partial charge is 0.118 e. The van der Waals surface area contributed by atoms with Crippen molar-refractivity contribution in [1.82, 2.24) is 5.32 Å². The summed E-state index contributed by atoms with van der Waals surface area (Å²) in [5.41, 5.74) is 2.75. The van der Waals surface area contributed by atoms with Crippen LogP contribution in [0, 0.1) is 0 Å². The van der Waals surface area contributed by atoms with Gasteiger partial charge in [-0.15, -0.1) is 0 Å². The highest BCUT2D eigenvalue weighted by atomic mass is 32.1. The molecule has 1 heterocycles. The second-order valence-electron chi connectivity index (χ2n) is 4.37. The Morgan fingerprint density at radius 1 is 1.11 bits per heavy atom. The molecule has 3 heteroatoms. The van der Waals surface area contributed by atoms with Crippen LogP contribution in [0.25, 0.3) is 0 Å². The zero-order valence-electron chi connectivity index (χ0n) is 10.8. The van der Waals surface area contributed by atoms with Gasteiger partial charge in [-0.2, -0.15) is 11.3 Å². The summed E-state index contributed by atoms with van der Waals surface area (Å²) >= 11 is 1.76. The fourth-order valence-electron chi connectivity index (χ4n) is 2.02. The molecule has 18 heavy (non-hydrogen) atoms. The number of likely N-dealkylation sites (N-methyl/N-ethyl adjacent to an activating group) is 1. The number of rotatable bonds is 6. The van der Waals surface area contributed by atoms with E-state index in [1.807, 2.05) is 19.2 Å². The summed E-state index contributed by atoms with van der Waals surface area (Å²) in [7, 11) is 3.72. The number of benzene rings is 1. The molecule has 2 nitrogen and oxygen atoms in total. The lowest BCUT2D eigenvalue weighted by molar-refractivity contribution is 0.414. The molecule has 1 aromatic carbocycles. The van der Waals surface area contributed by atoms with E-state index in [2.05, 4.69) is 34.3 Å². The third kappa shape index (κ3) is 3.59. The third-order valence-corrected chi connectivity index (χ3v) is 3.84. The molecular formula is C15H19NOS. The molecule has 2 aromatic rings. The molecule has 0 amide bonds. The Morgan fingerprint density at radius 2 is 1.83 bits per heavy atom. The minimum absolute atomic E-state index is 0.480. The van der Waals surface area contributed by atoms with Crippen molar-refractivity contribution in [2.75, 3.05) is 14.2 Å². The van der Waals surface area contributed by atoms with Crippen LogP contribution in [-0.4, -0.2) is 20.2 Å². The van der Waals surface area contributed by atoms with Gasteiger partial charge in [0.1, 0.15) is 5.75 Å². The minimum Gasteiger partial charge on any atom is -0.497 e. The fraction of sp³-hybridized carbons (Fsp3) is 0.333. The summed E-state index contributed by atoms with van der Waals surface area (Å²) in [6.45, 7) is 0. The molecule has 0 spiro atoms. The summed E-state index contributed by atoms with van der Waals surface area (Å²) in [4.78, 5) is 0. The van der Waals surface area contributed by atoms with Crippen molar-refractivity contribution >= 4 is 11.3 Å². The first-order valence-corrected chi connectivity index (χ1v) is 7.07. The SMILES string of the molecule is CNC(Cc1ccc(OC)cc1)Cc1ccsc1. The van der Waals surface area contributed by atoms with Crippen molar-refractivity contribution in [1.29, 1.82) is 0 Å². The van der Waals surface area contributed by atoms with Gasteiger partial charge in [0.25, 0.3) is 0 Å². The summed E-state index contributed by atoms with van der Waals surface area (Å²) in [5, 5.41) is 7.75. The van der Waals surface area contributed by atoms with E-state index < -0.39 is 0 Å². The van der Waals surface area contributed by atoms with Gasteiger partial charge in [-0.05, 0) is 60.0 Å². The Bertz CT molecular complexity index is 450. The Morgan fingerprint density at radius 3 is 2.39 bits per heavy atom. The van der Waals surface area contributed by atoms with Crippen molar-refractivity contribution in [2.45, 2.75) is 18.9 Å². The number of hydrogen-bond donors (Lipinski definition) is 1. The highest BCUT2D eigenvalue weighted by Crippen LogP contribution is 2.15. The zero-order chi connectivity index (χ0) is 12.8. The number of hydrogen-bond acceptors (Lipinski definition) is 3. The van der Waals surface area contributed by atoms with E-state index in [-0.39, 0.29) is 0 Å². The van der Waals surface area contributed by atoms with Crippen LogP contribution in [0.5, 0.6) is 5.75 Å². The summed E-state index contributed by atoms with van der Waals surface area (Å²) in [6, 6.07) is 11.0. The van der Waals surface area contributed by atoms with E-state index in [0.29, 0.717) is 6.04 Å². The van der Waals surface area contributed by atoms with Crippen LogP contribution in [0.4, 0.5) is 0 Å². The normalized spacial score (nSPS) is 12.3. The van der Waals surface area contributed by atoms with E-state index in [0.717, 1.165) is 18.6 Å². The molecule has 0 saturated heterocycles. The number of nitrogens with one attached hydrogen (secondary N) is 1. The van der Waals surface area contributed by atoms with Crippen molar-refractivity contribution in [3.05, 3.63) is 52.2 Å². The summed E-state index contributed by atoms with van der Waals surface area (Å²) in [5.74, 6) is 0.914. The van der Waals surface area contributed by atoms with Crippen LogP contribution in [0.15, 0.2) is 41.1 Å². The first-order valence-electron chi connectivity index (χ1n) is 6.13. The van der Waals surface area contributed by atoms with Crippen LogP contribution in [0.1, 0.15) is 11.1 Å². The highest BCUT2D eigenvalue weighted by Gasteiger charge is 2.08. The van der Waals surface area contributed by atoms with Gasteiger partial charge < -0.3 is 10.1 Å². The number of thiophene rings is 1. The molecule has 0 fully saturated rings. The first kappa shape index (κ1) is 13.1. The molecule has 0 aliphatic heterocycles. The van der Waals surface area contributed by atoms with E-state index in [1.54, 1.807) is 18.4 Å². The van der Waals surface area contributed by atoms with Crippen LogP contribution in [0.2, 0.25) is 0 Å². The Labute approximate surface area is 113 Å². The average molecular weight is 261 g/mol. The summed E-state index contributed by atoms with van der Waals surface area (Å²) < 4.78 is 5.17. The lowest BCUT2D eigenvalue weighted by Gasteiger charge is -2.15. The average Bonchev–Trinajstić information content (AvgIpc) is 2.91. The standard InChI is InChI=1S/C15H19NOS/c1-16-14(10-13-7-8-18-11-13)9-12-3-5-15(17-2)6-4-12/h3-8,11,14,16H,9-10H2,1-2H3. The molecule has 0 aliphatic rings. The number of methoxy groups -OCH3 is 1. The summed E-state index contributed by atoms with van der Waals surface area (Å²) in [6.07, 6.45) is 2.11. The molecule has 2 rings (SSSR count). The maximum atomic E-state index is 5.17. The van der Waals surface area contributed by atoms with Gasteiger partial charge in [-0.3, -0.25) is 0 Å². The third-order valence-electron chi connectivity index (χ3n) is 3.11. The van der Waals surface area contributed by atoms with Gasteiger partial charge in [0.15, 0.2) is 0 Å². The molecule has 0 aliphatic carbocycles. The molecule has 0 radical (unpaired) electrons. The van der Waals surface area contributed by atoms with Crippen molar-refractivity contribution in [3.63, 3.8) is 0 Å². The highest BCUT2D eigenvalue weighted by molar-refractivity contribution is 7.07. The Kier molecular flexibility index (Phi) is 4.79. The monoisotopic (exact) mass is 261 g/mol. The van der Waals surface area contributed by atoms with E-state index in [4.69, 9.17) is 4.74 Å². The lowest BCUT2D eigenvalue weighted by atomic mass is 10.0. The van der Waals surface area contributed by atoms with E-state index in [1.165, 1.54) is 11.1 Å². The molecule has 0 bridgehead atoms. The topological polar surface area (TPSA) is 21.3 Å². The predicted molar refractivity (Wildman–Crippen MR) is 77.6 cm³/mol. The molecule has 1 unspecified atom stereocenters. The molecular weight excluding hydrogens is 242 g/mol. The van der Waals surface area contributed by atoms with Gasteiger partial charge in [-0.25, -0.2) is 0 Å². The quantitative estimate of drug-likeness (QED) is 0.862. The van der Waals surface area contributed by atoms with Crippen molar-refractivity contribution in [2.24, 2.45) is 0 Å². The Hall–Kier alpha value is -1.32. The molecule has 1 atom stereocenters. The number of ether oxygens (including phenoxy) is 1. The second-order valence-corrected chi connectivity index (χ2v) is 5.15. The molecule has 1 aromatic heterocycles. The fourth-order valence-corrected chi connectivity index (χ4v) is 2.70. The van der Waals surface area contributed by atoms with Gasteiger partial charge in [0, 0.05) is 6.04 Å². The molecule has 96 valence electrons. The first-order chi connectivity index (χ1) is 8.81. The maximum absolute atomic E-state index is 5.17. The molecule has 1 N–H and O–H groups in total. The van der Waals surface area contributed by atoms with Gasteiger partial charge in [0.2, 0.25) is 0 Å². The maximum Gasteiger partial charge on any atom is 0.118 e. The van der Waals surface area contributed by atoms with Crippen molar-refractivity contribution in [3.8, 4) is 5.75 Å². The van der Waals surface area contributed by atoms with Gasteiger partial charge >= 0.3 is 0 Å². The molecule has 0 saturated carbocycles. The Balaban J connectivity index is 1.96. The van der Waals surface area contributed by atoms with Crippen LogP contribution in [0.3, 0.4) is 0 Å². The van der Waals surface area contributed by atoms with Gasteiger partial charge in [-0.1, -0.05) is 12.1 Å². The minimum atomic E-state index is 0.480. The largest absolute Gasteiger partial charge is 0.497 e. The van der Waals surface area contributed by atoms with Gasteiger partial charge in [0.05, 0.1) is 7.11 Å². The van der Waals surface area contributed by atoms with E-state index >= 15 is 0 Å². The lowest BCUT2D eigenvalue weighted by Crippen LogP contribution is -2.29. The van der Waals surface area contributed by atoms with Crippen molar-refractivity contribution < 1.29 is 4.74 Å². The predicted octanol–water partition coefficient (Wildman–Crippen LogP) is 3.13.